The number of halogens is 3. The van der Waals surface area contributed by atoms with Gasteiger partial charge >= 0.3 is 0 Å². The van der Waals surface area contributed by atoms with Gasteiger partial charge in [0, 0.05) is 22.5 Å². The molecule has 0 atom stereocenters. The van der Waals surface area contributed by atoms with Crippen molar-refractivity contribution in [3.8, 4) is 11.3 Å². The van der Waals surface area contributed by atoms with Gasteiger partial charge in [-0.1, -0.05) is 46.9 Å². The van der Waals surface area contributed by atoms with Crippen LogP contribution >= 0.6 is 34.8 Å². The number of carbonyl (C=O) groups is 1. The lowest BCUT2D eigenvalue weighted by Crippen LogP contribution is -2.13. The average molecular weight is 442 g/mol. The highest BCUT2D eigenvalue weighted by Crippen LogP contribution is 2.28. The molecular weight excluding hydrogens is 431 g/mol. The van der Waals surface area contributed by atoms with Crippen molar-refractivity contribution < 1.29 is 13.2 Å². The lowest BCUT2D eigenvalue weighted by atomic mass is 10.1. The smallest absolute Gasteiger partial charge is 0.263 e. The van der Waals surface area contributed by atoms with Gasteiger partial charge in [0.1, 0.15) is 4.90 Å². The number of hydrogen-bond acceptors (Lipinski definition) is 4. The Morgan fingerprint density at radius 2 is 1.63 bits per heavy atom. The van der Waals surface area contributed by atoms with E-state index >= 15 is 0 Å². The van der Waals surface area contributed by atoms with Crippen molar-refractivity contribution in [2.45, 2.75) is 4.90 Å². The van der Waals surface area contributed by atoms with Gasteiger partial charge in [0.15, 0.2) is 6.29 Å². The predicted octanol–water partition coefficient (Wildman–Crippen LogP) is 5.32. The lowest BCUT2D eigenvalue weighted by molar-refractivity contribution is 0.112. The molecule has 3 rings (SSSR count). The molecule has 0 aliphatic heterocycles. The molecule has 0 spiro atoms. The second-order valence-electron chi connectivity index (χ2n) is 5.47. The second kappa shape index (κ2) is 7.86. The van der Waals surface area contributed by atoms with E-state index in [1.807, 2.05) is 0 Å². The maximum atomic E-state index is 12.5. The number of benzene rings is 2. The molecule has 0 unspecified atom stereocenters. The standard InChI is InChI=1S/C18H11Cl3N2O3S/c19-13-3-6-15(20)18(7-13)27(25,26)23-14-4-1-11(2-5-14)17-8-16(21)12(10-24)9-22-17/h1-10,23H. The minimum Gasteiger partial charge on any atom is -0.298 e. The summed E-state index contributed by atoms with van der Waals surface area (Å²) in [6.07, 6.45) is 2.00. The van der Waals surface area contributed by atoms with Crippen LogP contribution in [-0.4, -0.2) is 19.7 Å². The molecule has 0 bridgehead atoms. The third-order valence-electron chi connectivity index (χ3n) is 3.62. The Bertz CT molecular complexity index is 1120. The number of aromatic nitrogens is 1. The molecule has 138 valence electrons. The third-order valence-corrected chi connectivity index (χ3v) is 6.05. The van der Waals surface area contributed by atoms with Crippen molar-refractivity contribution in [3.63, 3.8) is 0 Å². The molecule has 1 aromatic heterocycles. The molecule has 0 saturated carbocycles. The monoisotopic (exact) mass is 440 g/mol. The van der Waals surface area contributed by atoms with Crippen molar-refractivity contribution in [1.82, 2.24) is 4.98 Å². The largest absolute Gasteiger partial charge is 0.298 e. The van der Waals surface area contributed by atoms with Crippen molar-refractivity contribution in [1.29, 1.82) is 0 Å². The first-order chi connectivity index (χ1) is 12.8. The number of carbonyl (C=O) groups excluding carboxylic acids is 1. The van der Waals surface area contributed by atoms with E-state index in [2.05, 4.69) is 9.71 Å². The van der Waals surface area contributed by atoms with Gasteiger partial charge in [-0.2, -0.15) is 0 Å². The quantitative estimate of drug-likeness (QED) is 0.543. The van der Waals surface area contributed by atoms with Crippen LogP contribution in [0, 0.1) is 0 Å². The fraction of sp³-hybridized carbons (Fsp3) is 0. The Kier molecular flexibility index (Phi) is 5.72. The summed E-state index contributed by atoms with van der Waals surface area (Å²) in [5.41, 5.74) is 1.89. The van der Waals surface area contributed by atoms with E-state index in [-0.39, 0.29) is 20.0 Å². The Labute approximate surface area is 171 Å². The van der Waals surface area contributed by atoms with E-state index < -0.39 is 10.0 Å². The highest BCUT2D eigenvalue weighted by Gasteiger charge is 2.18. The molecule has 0 radical (unpaired) electrons. The van der Waals surface area contributed by atoms with Crippen LogP contribution in [0.25, 0.3) is 11.3 Å². The zero-order chi connectivity index (χ0) is 19.6. The summed E-state index contributed by atoms with van der Waals surface area (Å²) in [6.45, 7) is 0. The molecule has 1 heterocycles. The number of anilines is 1. The molecule has 9 heteroatoms. The van der Waals surface area contributed by atoms with Crippen molar-refractivity contribution >= 4 is 56.8 Å². The van der Waals surface area contributed by atoms with Crippen molar-refractivity contribution in [3.05, 3.63) is 75.4 Å². The Morgan fingerprint density at radius 3 is 2.26 bits per heavy atom. The van der Waals surface area contributed by atoms with Crippen molar-refractivity contribution in [2.24, 2.45) is 0 Å². The molecule has 0 aliphatic rings. The molecule has 5 nitrogen and oxygen atoms in total. The number of nitrogens with one attached hydrogen (secondary N) is 1. The molecule has 1 N–H and O–H groups in total. The van der Waals surface area contributed by atoms with Crippen LogP contribution in [0.2, 0.25) is 15.1 Å². The molecule has 0 fully saturated rings. The van der Waals surface area contributed by atoms with Crippen LogP contribution in [0.5, 0.6) is 0 Å². The van der Waals surface area contributed by atoms with Crippen LogP contribution in [0.4, 0.5) is 5.69 Å². The zero-order valence-electron chi connectivity index (χ0n) is 13.5. The molecule has 3 aromatic rings. The molecular formula is C18H11Cl3N2O3S. The molecule has 0 amide bonds. The van der Waals surface area contributed by atoms with E-state index in [9.17, 15) is 13.2 Å². The Balaban J connectivity index is 1.86. The first-order valence-electron chi connectivity index (χ1n) is 7.49. The van der Waals surface area contributed by atoms with E-state index in [1.54, 1.807) is 30.3 Å². The number of pyridine rings is 1. The van der Waals surface area contributed by atoms with Crippen LogP contribution in [-0.2, 0) is 10.0 Å². The lowest BCUT2D eigenvalue weighted by Gasteiger charge is -2.10. The van der Waals surface area contributed by atoms with Gasteiger partial charge in [0.25, 0.3) is 10.0 Å². The first kappa shape index (κ1) is 19.6. The van der Waals surface area contributed by atoms with Gasteiger partial charge in [0.05, 0.1) is 21.3 Å². The summed E-state index contributed by atoms with van der Waals surface area (Å²) < 4.78 is 27.5. The fourth-order valence-electron chi connectivity index (χ4n) is 2.29. The summed E-state index contributed by atoms with van der Waals surface area (Å²) >= 11 is 17.8. The summed E-state index contributed by atoms with van der Waals surface area (Å²) in [5, 5.41) is 0.616. The Hall–Kier alpha value is -2.12. The minimum absolute atomic E-state index is 0.0672. The minimum atomic E-state index is -3.90. The maximum Gasteiger partial charge on any atom is 0.263 e. The van der Waals surface area contributed by atoms with Gasteiger partial charge in [-0.05, 0) is 36.4 Å². The molecule has 0 saturated heterocycles. The number of nitrogens with zero attached hydrogens (tertiary/aromatic N) is 1. The predicted molar refractivity (Wildman–Crippen MR) is 107 cm³/mol. The molecule has 2 aromatic carbocycles. The number of sulfonamides is 1. The van der Waals surface area contributed by atoms with Gasteiger partial charge in [0.2, 0.25) is 0 Å². The summed E-state index contributed by atoms with van der Waals surface area (Å²) in [5.74, 6) is 0. The SMILES string of the molecule is O=Cc1cnc(-c2ccc(NS(=O)(=O)c3cc(Cl)ccc3Cl)cc2)cc1Cl. The topological polar surface area (TPSA) is 76.1 Å². The van der Waals surface area contributed by atoms with Crippen LogP contribution < -0.4 is 4.72 Å². The number of aldehydes is 1. The highest BCUT2D eigenvalue weighted by molar-refractivity contribution is 7.92. The Morgan fingerprint density at radius 1 is 0.926 bits per heavy atom. The van der Waals surface area contributed by atoms with Crippen LogP contribution in [0.1, 0.15) is 10.4 Å². The third kappa shape index (κ3) is 4.42. The van der Waals surface area contributed by atoms with Gasteiger partial charge in [-0.15, -0.1) is 0 Å². The number of rotatable bonds is 5. The second-order valence-corrected chi connectivity index (χ2v) is 8.37. The van der Waals surface area contributed by atoms with E-state index in [4.69, 9.17) is 34.8 Å². The number of hydrogen-bond donors (Lipinski definition) is 1. The van der Waals surface area contributed by atoms with Gasteiger partial charge in [-0.3, -0.25) is 14.5 Å². The average Bonchev–Trinajstić information content (AvgIpc) is 2.64. The van der Waals surface area contributed by atoms with E-state index in [0.29, 0.717) is 28.8 Å². The highest BCUT2D eigenvalue weighted by atomic mass is 35.5. The van der Waals surface area contributed by atoms with E-state index in [0.717, 1.165) is 0 Å². The van der Waals surface area contributed by atoms with E-state index in [1.165, 1.54) is 24.4 Å². The van der Waals surface area contributed by atoms with Crippen molar-refractivity contribution in [2.75, 3.05) is 4.72 Å². The summed E-state index contributed by atoms with van der Waals surface area (Å²) in [4.78, 5) is 14.9. The van der Waals surface area contributed by atoms with Crippen LogP contribution in [0.3, 0.4) is 0 Å². The first-order valence-corrected chi connectivity index (χ1v) is 10.1. The van der Waals surface area contributed by atoms with Gasteiger partial charge in [-0.25, -0.2) is 8.42 Å². The summed E-state index contributed by atoms with van der Waals surface area (Å²) in [6, 6.07) is 12.3. The van der Waals surface area contributed by atoms with Gasteiger partial charge < -0.3 is 0 Å². The normalized spacial score (nSPS) is 11.2. The maximum absolute atomic E-state index is 12.5. The molecule has 27 heavy (non-hydrogen) atoms. The fourth-order valence-corrected chi connectivity index (χ4v) is 4.31. The zero-order valence-corrected chi connectivity index (χ0v) is 16.6. The summed E-state index contributed by atoms with van der Waals surface area (Å²) in [7, 11) is -3.90. The molecule has 0 aliphatic carbocycles. The van der Waals surface area contributed by atoms with Crippen LogP contribution in [0.15, 0.2) is 59.6 Å².